The zero-order valence-corrected chi connectivity index (χ0v) is 20.5. The van der Waals surface area contributed by atoms with E-state index in [2.05, 4.69) is 15.5 Å². The van der Waals surface area contributed by atoms with Crippen molar-refractivity contribution in [1.82, 2.24) is 10.3 Å². The molecule has 1 saturated heterocycles. The number of nitrogens with one attached hydrogen (secondary N) is 1. The summed E-state index contributed by atoms with van der Waals surface area (Å²) in [4.78, 5) is 22.2. The highest BCUT2D eigenvalue weighted by molar-refractivity contribution is 7.92. The number of pyridine rings is 1. The molecule has 0 bridgehead atoms. The molecule has 1 unspecified atom stereocenters. The van der Waals surface area contributed by atoms with Crippen molar-refractivity contribution in [2.75, 3.05) is 11.5 Å². The third-order valence-electron chi connectivity index (χ3n) is 6.09. The SMILES string of the molecule is O=C(NC1CS(=O)(=O)C1)c1ccc(C2=NOC(c3cc(Cl)cc(Cl)c3)(C(F)(F)F)C2)c2ncccc12. The lowest BCUT2D eigenvalue weighted by molar-refractivity contribution is -0.275. The fraction of sp³-hybridized carbons (Fsp3) is 0.261. The average molecular weight is 558 g/mol. The lowest BCUT2D eigenvalue weighted by atomic mass is 9.86. The zero-order valence-electron chi connectivity index (χ0n) is 18.1. The molecule has 1 amide bonds. The van der Waals surface area contributed by atoms with Crippen molar-refractivity contribution in [1.29, 1.82) is 0 Å². The Kier molecular flexibility index (Phi) is 5.92. The molecule has 2 aliphatic heterocycles. The number of carbonyl (C=O) groups excluding carboxylic acids is 1. The number of rotatable bonds is 4. The fourth-order valence-corrected chi connectivity index (χ4v) is 6.17. The van der Waals surface area contributed by atoms with E-state index in [4.69, 9.17) is 28.0 Å². The summed E-state index contributed by atoms with van der Waals surface area (Å²) in [6.07, 6.45) is -4.10. The molecule has 188 valence electrons. The predicted octanol–water partition coefficient (Wildman–Crippen LogP) is 4.65. The molecule has 0 saturated carbocycles. The molecule has 36 heavy (non-hydrogen) atoms. The lowest BCUT2D eigenvalue weighted by Gasteiger charge is -2.29. The van der Waals surface area contributed by atoms with Gasteiger partial charge in [0.1, 0.15) is 0 Å². The molecule has 2 aromatic carbocycles. The van der Waals surface area contributed by atoms with E-state index in [9.17, 15) is 26.4 Å². The van der Waals surface area contributed by atoms with Crippen molar-refractivity contribution >= 4 is 55.6 Å². The molecule has 0 radical (unpaired) electrons. The number of fused-ring (bicyclic) bond motifs is 1. The Balaban J connectivity index is 1.51. The number of hydrogen-bond donors (Lipinski definition) is 1. The molecule has 0 spiro atoms. The molecule has 13 heteroatoms. The van der Waals surface area contributed by atoms with Gasteiger partial charge in [-0.25, -0.2) is 8.42 Å². The van der Waals surface area contributed by atoms with Crippen LogP contribution in [-0.4, -0.2) is 48.7 Å². The van der Waals surface area contributed by atoms with Crippen LogP contribution in [0.5, 0.6) is 0 Å². The number of oxime groups is 1. The van der Waals surface area contributed by atoms with E-state index in [1.54, 1.807) is 12.1 Å². The van der Waals surface area contributed by atoms with E-state index in [1.165, 1.54) is 24.4 Å². The van der Waals surface area contributed by atoms with Gasteiger partial charge in [0.25, 0.3) is 11.5 Å². The van der Waals surface area contributed by atoms with Crippen LogP contribution in [0, 0.1) is 0 Å². The number of halogens is 5. The molecule has 1 N–H and O–H groups in total. The molecule has 1 aromatic heterocycles. The van der Waals surface area contributed by atoms with Crippen molar-refractivity contribution in [2.45, 2.75) is 24.2 Å². The molecule has 1 fully saturated rings. The maximum Gasteiger partial charge on any atom is 0.435 e. The van der Waals surface area contributed by atoms with Gasteiger partial charge in [0.15, 0.2) is 9.84 Å². The van der Waals surface area contributed by atoms with Gasteiger partial charge in [-0.15, -0.1) is 0 Å². The van der Waals surface area contributed by atoms with Crippen LogP contribution >= 0.6 is 23.2 Å². The Morgan fingerprint density at radius 3 is 2.44 bits per heavy atom. The Hall–Kier alpha value is -2.89. The standard InChI is InChI=1S/C23H16Cl2F3N3O4S/c24-13-6-12(7-14(25)8-13)22(23(26,27)28)9-19(31-35-22)18-4-3-17(16-2-1-5-29-20(16)18)21(32)30-15-10-36(33,34)11-15/h1-8,15H,9-11H2,(H,30,32). The van der Waals surface area contributed by atoms with Crippen molar-refractivity contribution < 1.29 is 31.2 Å². The van der Waals surface area contributed by atoms with E-state index in [-0.39, 0.29) is 49.5 Å². The third-order valence-corrected chi connectivity index (χ3v) is 8.34. The number of carbonyl (C=O) groups is 1. The minimum atomic E-state index is -4.86. The highest BCUT2D eigenvalue weighted by atomic mass is 35.5. The van der Waals surface area contributed by atoms with Crippen molar-refractivity contribution in [3.63, 3.8) is 0 Å². The molecular formula is C23H16Cl2F3N3O4S. The summed E-state index contributed by atoms with van der Waals surface area (Å²) < 4.78 is 65.9. The van der Waals surface area contributed by atoms with Gasteiger partial charge in [-0.2, -0.15) is 13.2 Å². The van der Waals surface area contributed by atoms with E-state index >= 15 is 0 Å². The number of nitrogens with zero attached hydrogens (tertiary/aromatic N) is 2. The van der Waals surface area contributed by atoms with Crippen LogP contribution in [0.4, 0.5) is 13.2 Å². The Morgan fingerprint density at radius 2 is 1.81 bits per heavy atom. The maximum absolute atomic E-state index is 14.4. The number of benzene rings is 2. The highest BCUT2D eigenvalue weighted by Crippen LogP contribution is 2.50. The molecular weight excluding hydrogens is 542 g/mol. The first kappa shape index (κ1) is 24.8. The number of hydrogen-bond acceptors (Lipinski definition) is 6. The van der Waals surface area contributed by atoms with Crippen LogP contribution in [0.2, 0.25) is 10.0 Å². The van der Waals surface area contributed by atoms with Gasteiger partial charge in [-0.1, -0.05) is 40.5 Å². The van der Waals surface area contributed by atoms with Gasteiger partial charge in [-0.3, -0.25) is 9.78 Å². The van der Waals surface area contributed by atoms with Crippen molar-refractivity contribution in [3.8, 4) is 0 Å². The van der Waals surface area contributed by atoms with Crippen LogP contribution < -0.4 is 5.32 Å². The summed E-state index contributed by atoms with van der Waals surface area (Å²) >= 11 is 11.9. The van der Waals surface area contributed by atoms with Crippen LogP contribution in [0.1, 0.15) is 27.9 Å². The Morgan fingerprint density at radius 1 is 1.11 bits per heavy atom. The van der Waals surface area contributed by atoms with Crippen molar-refractivity contribution in [2.24, 2.45) is 5.16 Å². The van der Waals surface area contributed by atoms with Gasteiger partial charge in [0, 0.05) is 38.3 Å². The predicted molar refractivity (Wildman–Crippen MR) is 128 cm³/mol. The van der Waals surface area contributed by atoms with Crippen LogP contribution in [0.3, 0.4) is 0 Å². The fourth-order valence-electron chi connectivity index (χ4n) is 4.35. The smallest absolute Gasteiger partial charge is 0.374 e. The van der Waals surface area contributed by atoms with Gasteiger partial charge in [0.2, 0.25) is 0 Å². The first-order chi connectivity index (χ1) is 16.9. The van der Waals surface area contributed by atoms with E-state index in [0.29, 0.717) is 5.39 Å². The zero-order chi connectivity index (χ0) is 25.9. The monoisotopic (exact) mass is 557 g/mol. The van der Waals surface area contributed by atoms with Crippen molar-refractivity contribution in [3.05, 3.63) is 75.4 Å². The summed E-state index contributed by atoms with van der Waals surface area (Å²) in [5.74, 6) is -0.801. The molecule has 3 aromatic rings. The average Bonchev–Trinajstić information content (AvgIpc) is 3.23. The second-order valence-corrected chi connectivity index (χ2v) is 11.6. The Bertz CT molecular complexity index is 1510. The van der Waals surface area contributed by atoms with Gasteiger partial charge < -0.3 is 10.2 Å². The minimum Gasteiger partial charge on any atom is -0.374 e. The number of aromatic nitrogens is 1. The quantitative estimate of drug-likeness (QED) is 0.503. The van der Waals surface area contributed by atoms with Crippen LogP contribution in [0.15, 0.2) is 53.8 Å². The topological polar surface area (TPSA) is 97.7 Å². The molecule has 7 nitrogen and oxygen atoms in total. The summed E-state index contributed by atoms with van der Waals surface area (Å²) in [5, 5.41) is 6.83. The Labute approximate surface area is 213 Å². The van der Waals surface area contributed by atoms with Gasteiger partial charge in [-0.05, 0) is 30.3 Å². The summed E-state index contributed by atoms with van der Waals surface area (Å²) in [7, 11) is -3.14. The first-order valence-electron chi connectivity index (χ1n) is 10.6. The van der Waals surface area contributed by atoms with Gasteiger partial charge >= 0.3 is 6.18 Å². The second-order valence-electron chi connectivity index (χ2n) is 8.60. The van der Waals surface area contributed by atoms with E-state index in [1.807, 2.05) is 0 Å². The van der Waals surface area contributed by atoms with Crippen LogP contribution in [-0.2, 0) is 20.3 Å². The molecule has 1 atom stereocenters. The van der Waals surface area contributed by atoms with Crippen LogP contribution in [0.25, 0.3) is 10.9 Å². The van der Waals surface area contributed by atoms with E-state index in [0.717, 1.165) is 12.1 Å². The summed E-state index contributed by atoms with van der Waals surface area (Å²) in [5.41, 5.74) is -2.43. The summed E-state index contributed by atoms with van der Waals surface area (Å²) in [6, 6.07) is 9.13. The summed E-state index contributed by atoms with van der Waals surface area (Å²) in [6.45, 7) is 0. The number of alkyl halides is 3. The highest BCUT2D eigenvalue weighted by Gasteiger charge is 2.62. The number of sulfone groups is 1. The van der Waals surface area contributed by atoms with Gasteiger partial charge in [0.05, 0.1) is 35.2 Å². The molecule has 3 heterocycles. The number of amides is 1. The lowest BCUT2D eigenvalue weighted by Crippen LogP contribution is -2.52. The normalized spacial score (nSPS) is 21.5. The van der Waals surface area contributed by atoms with E-state index < -0.39 is 40.0 Å². The molecule has 5 rings (SSSR count). The molecule has 2 aliphatic rings. The molecule has 0 aliphatic carbocycles. The first-order valence-corrected chi connectivity index (χ1v) is 13.1. The largest absolute Gasteiger partial charge is 0.435 e. The maximum atomic E-state index is 14.4. The second kappa shape index (κ2) is 8.60. The third kappa shape index (κ3) is 4.29. The minimum absolute atomic E-state index is 0.0138.